The van der Waals surface area contributed by atoms with Crippen molar-refractivity contribution in [1.82, 2.24) is 0 Å². The number of carbonyl (C=O) groups is 1. The van der Waals surface area contributed by atoms with Crippen LogP contribution in [0.5, 0.6) is 0 Å². The highest BCUT2D eigenvalue weighted by Gasteiger charge is 2.32. The monoisotopic (exact) mass is 486 g/mol. The molecule has 0 fully saturated rings. The fraction of sp³-hybridized carbons (Fsp3) is 0.276. The second-order valence-corrected chi connectivity index (χ2v) is 8.88. The number of ether oxygens (including phenoxy) is 3. The highest BCUT2D eigenvalue weighted by Crippen LogP contribution is 2.43. The van der Waals surface area contributed by atoms with Gasteiger partial charge in [-0.1, -0.05) is 54.6 Å². The number of hydrogen-bond acceptors (Lipinski definition) is 6. The Labute approximate surface area is 210 Å². The number of fused-ring (bicyclic) bond motifs is 3. The third-order valence-electron chi connectivity index (χ3n) is 6.54. The van der Waals surface area contributed by atoms with Gasteiger partial charge in [-0.05, 0) is 52.4 Å². The van der Waals surface area contributed by atoms with Gasteiger partial charge in [0.15, 0.2) is 5.76 Å². The molecular formula is C29H30N2O5. The molecule has 4 N–H and O–H groups in total. The van der Waals surface area contributed by atoms with Gasteiger partial charge in [0, 0.05) is 12.3 Å². The molecule has 3 aromatic rings. The molecule has 1 amide bonds. The third kappa shape index (κ3) is 5.14. The van der Waals surface area contributed by atoms with Gasteiger partial charge in [-0.2, -0.15) is 0 Å². The first-order chi connectivity index (χ1) is 17.6. The Morgan fingerprint density at radius 1 is 1.00 bits per heavy atom. The van der Waals surface area contributed by atoms with Crippen molar-refractivity contribution in [1.29, 1.82) is 0 Å². The van der Waals surface area contributed by atoms with E-state index in [1.807, 2.05) is 18.2 Å². The maximum absolute atomic E-state index is 13.2. The average Bonchev–Trinajstić information content (AvgIpc) is 3.28. The van der Waals surface area contributed by atoms with Crippen molar-refractivity contribution >= 4 is 17.3 Å². The number of aliphatic hydroxyl groups excluding tert-OH is 1. The molecule has 0 radical (unpaired) electrons. The van der Waals surface area contributed by atoms with Crippen molar-refractivity contribution in [3.05, 3.63) is 95.3 Å². The average molecular weight is 487 g/mol. The number of carbonyl (C=O) groups excluding carboxylic acids is 1. The smallest absolute Gasteiger partial charge is 0.290 e. The SMILES string of the molecule is Nc1ccccc1NC(=O)C1=C[C@H](c2cccc3c2Cc2ccccc2-3)C[C@H](OCCOCCO)O1. The Bertz CT molecular complexity index is 1270. The van der Waals surface area contributed by atoms with Crippen LogP contribution in [-0.4, -0.2) is 43.7 Å². The van der Waals surface area contributed by atoms with E-state index in [9.17, 15) is 4.79 Å². The van der Waals surface area contributed by atoms with E-state index in [4.69, 9.17) is 25.1 Å². The van der Waals surface area contributed by atoms with Crippen LogP contribution in [0.1, 0.15) is 29.0 Å². The van der Waals surface area contributed by atoms with Crippen molar-refractivity contribution in [3.8, 4) is 11.1 Å². The lowest BCUT2D eigenvalue weighted by molar-refractivity contribution is -0.148. The quantitative estimate of drug-likeness (QED) is 0.242. The summed E-state index contributed by atoms with van der Waals surface area (Å²) in [5.74, 6) is -0.247. The molecule has 0 saturated carbocycles. The van der Waals surface area contributed by atoms with Crippen LogP contribution >= 0.6 is 0 Å². The van der Waals surface area contributed by atoms with E-state index >= 15 is 0 Å². The van der Waals surface area contributed by atoms with Crippen LogP contribution in [0.3, 0.4) is 0 Å². The molecule has 36 heavy (non-hydrogen) atoms. The molecular weight excluding hydrogens is 456 g/mol. The Morgan fingerprint density at radius 2 is 1.81 bits per heavy atom. The van der Waals surface area contributed by atoms with Gasteiger partial charge in [-0.25, -0.2) is 0 Å². The molecule has 2 atom stereocenters. The summed E-state index contributed by atoms with van der Waals surface area (Å²) in [5.41, 5.74) is 13.3. The number of rotatable bonds is 9. The van der Waals surface area contributed by atoms with E-state index in [-0.39, 0.29) is 37.4 Å². The van der Waals surface area contributed by atoms with Crippen molar-refractivity contribution in [3.63, 3.8) is 0 Å². The lowest BCUT2D eigenvalue weighted by Crippen LogP contribution is -2.30. The van der Waals surface area contributed by atoms with Crippen molar-refractivity contribution in [2.24, 2.45) is 0 Å². The van der Waals surface area contributed by atoms with Crippen molar-refractivity contribution in [2.75, 3.05) is 37.5 Å². The lowest BCUT2D eigenvalue weighted by Gasteiger charge is -2.30. The van der Waals surface area contributed by atoms with Crippen LogP contribution in [0.25, 0.3) is 11.1 Å². The predicted octanol–water partition coefficient (Wildman–Crippen LogP) is 4.22. The van der Waals surface area contributed by atoms with Crippen molar-refractivity contribution < 1.29 is 24.1 Å². The number of benzene rings is 3. The van der Waals surface area contributed by atoms with Crippen molar-refractivity contribution in [2.45, 2.75) is 25.0 Å². The number of amides is 1. The number of allylic oxidation sites excluding steroid dienone is 1. The first-order valence-corrected chi connectivity index (χ1v) is 12.2. The first-order valence-electron chi connectivity index (χ1n) is 12.2. The van der Waals surface area contributed by atoms with E-state index in [1.54, 1.807) is 12.1 Å². The van der Waals surface area contributed by atoms with Gasteiger partial charge < -0.3 is 30.4 Å². The molecule has 2 aliphatic rings. The number of nitrogen functional groups attached to an aromatic ring is 1. The van der Waals surface area contributed by atoms with Gasteiger partial charge in [0.25, 0.3) is 5.91 Å². The van der Waals surface area contributed by atoms with E-state index in [0.717, 1.165) is 6.42 Å². The molecule has 1 aliphatic carbocycles. The molecule has 0 aromatic heterocycles. The zero-order valence-corrected chi connectivity index (χ0v) is 20.0. The molecule has 1 heterocycles. The summed E-state index contributed by atoms with van der Waals surface area (Å²) in [5, 5.41) is 11.8. The first kappa shape index (κ1) is 24.1. The van der Waals surface area contributed by atoms with E-state index < -0.39 is 6.29 Å². The minimum absolute atomic E-state index is 0.0425. The summed E-state index contributed by atoms with van der Waals surface area (Å²) in [4.78, 5) is 13.2. The molecule has 0 spiro atoms. The second-order valence-electron chi connectivity index (χ2n) is 8.88. The summed E-state index contributed by atoms with van der Waals surface area (Å²) in [6, 6.07) is 21.9. The summed E-state index contributed by atoms with van der Waals surface area (Å²) < 4.78 is 17.2. The third-order valence-corrected chi connectivity index (χ3v) is 6.54. The molecule has 1 aliphatic heterocycles. The van der Waals surface area contributed by atoms with Gasteiger partial charge in [0.05, 0.1) is 37.8 Å². The van der Waals surface area contributed by atoms with E-state index in [0.29, 0.717) is 24.4 Å². The van der Waals surface area contributed by atoms with Gasteiger partial charge >= 0.3 is 0 Å². The zero-order chi connectivity index (χ0) is 24.9. The number of aliphatic hydroxyl groups is 1. The molecule has 186 valence electrons. The fourth-order valence-corrected chi connectivity index (χ4v) is 4.86. The van der Waals surface area contributed by atoms with Crippen LogP contribution in [-0.2, 0) is 25.4 Å². The van der Waals surface area contributed by atoms with E-state index in [2.05, 4.69) is 47.8 Å². The van der Waals surface area contributed by atoms with Crippen LogP contribution in [0, 0.1) is 0 Å². The van der Waals surface area contributed by atoms with E-state index in [1.165, 1.54) is 27.8 Å². The van der Waals surface area contributed by atoms with Gasteiger partial charge in [-0.15, -0.1) is 0 Å². The molecule has 0 unspecified atom stereocenters. The Morgan fingerprint density at radius 3 is 2.67 bits per heavy atom. The fourth-order valence-electron chi connectivity index (χ4n) is 4.86. The maximum Gasteiger partial charge on any atom is 0.290 e. The highest BCUT2D eigenvalue weighted by molar-refractivity contribution is 6.04. The number of nitrogens with two attached hydrogens (primary N) is 1. The van der Waals surface area contributed by atoms with Gasteiger partial charge in [0.1, 0.15) is 0 Å². The highest BCUT2D eigenvalue weighted by atomic mass is 16.7. The molecule has 0 bridgehead atoms. The normalized spacial score (nSPS) is 18.1. The summed E-state index contributed by atoms with van der Waals surface area (Å²) >= 11 is 0. The van der Waals surface area contributed by atoms with Crippen LogP contribution in [0.15, 0.2) is 78.6 Å². The number of anilines is 2. The number of nitrogens with one attached hydrogen (secondary N) is 1. The minimum atomic E-state index is -0.619. The minimum Gasteiger partial charge on any atom is -0.459 e. The zero-order valence-electron chi connectivity index (χ0n) is 20.0. The number of para-hydroxylation sites is 2. The Hall–Kier alpha value is -3.65. The second kappa shape index (κ2) is 11.0. The Kier molecular flexibility index (Phi) is 7.32. The molecule has 5 rings (SSSR count). The van der Waals surface area contributed by atoms with Gasteiger partial charge in [0.2, 0.25) is 6.29 Å². The summed E-state index contributed by atoms with van der Waals surface area (Å²) in [7, 11) is 0. The predicted molar refractivity (Wildman–Crippen MR) is 138 cm³/mol. The van der Waals surface area contributed by atoms with Crippen LogP contribution in [0.4, 0.5) is 11.4 Å². The molecule has 0 saturated heterocycles. The molecule has 7 nitrogen and oxygen atoms in total. The molecule has 7 heteroatoms. The molecule has 3 aromatic carbocycles. The maximum atomic E-state index is 13.2. The standard InChI is InChI=1S/C29H30N2O5/c30-25-10-3-4-11-26(25)31-29(33)27-17-20(18-28(36-27)35-15-14-34-13-12-32)22-8-5-9-23-21-7-2-1-6-19(21)16-24(22)23/h1-11,17,20,28,32H,12-16,18,30H2,(H,31,33)/t20-,28+/m0/s1. The summed E-state index contributed by atoms with van der Waals surface area (Å²) in [6.07, 6.45) is 2.69. The Balaban J connectivity index is 1.41. The lowest BCUT2D eigenvalue weighted by atomic mass is 9.87. The number of hydrogen-bond donors (Lipinski definition) is 3. The largest absolute Gasteiger partial charge is 0.459 e. The van der Waals surface area contributed by atoms with Crippen LogP contribution in [0.2, 0.25) is 0 Å². The topological polar surface area (TPSA) is 103 Å². The summed E-state index contributed by atoms with van der Waals surface area (Å²) in [6.45, 7) is 0.822. The van der Waals surface area contributed by atoms with Crippen LogP contribution < -0.4 is 11.1 Å². The van der Waals surface area contributed by atoms with Gasteiger partial charge in [-0.3, -0.25) is 4.79 Å².